The van der Waals surface area contributed by atoms with Crippen molar-refractivity contribution in [1.82, 2.24) is 0 Å². The lowest BCUT2D eigenvalue weighted by atomic mass is 9.90. The summed E-state index contributed by atoms with van der Waals surface area (Å²) in [5.74, 6) is -0.155. The van der Waals surface area contributed by atoms with Crippen molar-refractivity contribution in [3.8, 4) is 0 Å². The second-order valence-corrected chi connectivity index (χ2v) is 7.59. The summed E-state index contributed by atoms with van der Waals surface area (Å²) in [6.45, 7) is 18.2. The molecule has 0 aromatic carbocycles. The van der Waals surface area contributed by atoms with E-state index in [0.717, 1.165) is 32.1 Å². The fraction of sp³-hybridized carbons (Fsp3) is 0.909. The Balaban J connectivity index is -0.000000173. The lowest BCUT2D eigenvalue weighted by Gasteiger charge is -2.22. The predicted molar refractivity (Wildman–Crippen MR) is 113 cm³/mol. The first-order valence-corrected chi connectivity index (χ1v) is 9.36. The van der Waals surface area contributed by atoms with Crippen LogP contribution in [0.2, 0.25) is 0 Å². The number of esters is 2. The number of ether oxygens (including phenoxy) is 2. The fourth-order valence-electron chi connectivity index (χ4n) is 1.22. The smallest absolute Gasteiger partial charge is 0.311 e. The second-order valence-electron chi connectivity index (χ2n) is 7.59. The SMILES string of the molecule is C.C.CCC(C)OC(=O)C(C)(C)CC.CCCCOC(=O)C(C)(C)CC. The largest absolute Gasteiger partial charge is 0.465 e. The van der Waals surface area contributed by atoms with Crippen molar-refractivity contribution in [2.24, 2.45) is 10.8 Å². The normalized spacial score (nSPS) is 11.7. The zero-order valence-electron chi connectivity index (χ0n) is 17.5. The molecule has 160 valence electrons. The molecule has 0 bridgehead atoms. The highest BCUT2D eigenvalue weighted by molar-refractivity contribution is 5.76. The Morgan fingerprint density at radius 2 is 1.27 bits per heavy atom. The maximum Gasteiger partial charge on any atom is 0.311 e. The van der Waals surface area contributed by atoms with Gasteiger partial charge in [-0.3, -0.25) is 9.59 Å². The van der Waals surface area contributed by atoms with Crippen molar-refractivity contribution < 1.29 is 19.1 Å². The lowest BCUT2D eigenvalue weighted by molar-refractivity contribution is -0.159. The van der Waals surface area contributed by atoms with Crippen LogP contribution in [-0.2, 0) is 19.1 Å². The minimum absolute atomic E-state index is 0. The van der Waals surface area contributed by atoms with Crippen molar-refractivity contribution in [2.45, 2.75) is 115 Å². The van der Waals surface area contributed by atoms with Crippen LogP contribution in [0, 0.1) is 10.8 Å². The molecular formula is C22H48O4. The minimum atomic E-state index is -0.330. The molecule has 0 aliphatic heterocycles. The summed E-state index contributed by atoms with van der Waals surface area (Å²) in [4.78, 5) is 22.8. The van der Waals surface area contributed by atoms with E-state index in [1.54, 1.807) is 0 Å². The van der Waals surface area contributed by atoms with E-state index in [1.807, 2.05) is 55.4 Å². The average Bonchev–Trinajstić information content (AvgIpc) is 2.55. The number of rotatable bonds is 9. The van der Waals surface area contributed by atoms with Crippen LogP contribution in [0.5, 0.6) is 0 Å². The maximum absolute atomic E-state index is 11.4. The van der Waals surface area contributed by atoms with Gasteiger partial charge in [-0.25, -0.2) is 0 Å². The molecule has 0 spiro atoms. The fourth-order valence-corrected chi connectivity index (χ4v) is 1.22. The highest BCUT2D eigenvalue weighted by Gasteiger charge is 2.28. The number of unbranched alkanes of at least 4 members (excludes halogenated alkanes) is 1. The third kappa shape index (κ3) is 14.1. The van der Waals surface area contributed by atoms with E-state index in [1.165, 1.54) is 0 Å². The van der Waals surface area contributed by atoms with E-state index in [4.69, 9.17) is 9.47 Å². The molecule has 0 N–H and O–H groups in total. The molecule has 0 saturated carbocycles. The molecule has 0 aliphatic rings. The van der Waals surface area contributed by atoms with Crippen LogP contribution < -0.4 is 0 Å². The number of carbonyl (C=O) groups excluding carboxylic acids is 2. The summed E-state index contributed by atoms with van der Waals surface area (Å²) < 4.78 is 10.3. The van der Waals surface area contributed by atoms with Gasteiger partial charge in [-0.2, -0.15) is 0 Å². The molecule has 26 heavy (non-hydrogen) atoms. The Kier molecular flexibility index (Phi) is 20.2. The summed E-state index contributed by atoms with van der Waals surface area (Å²) in [5, 5.41) is 0. The van der Waals surface area contributed by atoms with E-state index in [-0.39, 0.29) is 43.7 Å². The van der Waals surface area contributed by atoms with Crippen LogP contribution >= 0.6 is 0 Å². The highest BCUT2D eigenvalue weighted by atomic mass is 16.5. The molecule has 0 rings (SSSR count). The predicted octanol–water partition coefficient (Wildman–Crippen LogP) is 6.80. The van der Waals surface area contributed by atoms with Gasteiger partial charge in [0.2, 0.25) is 0 Å². The van der Waals surface area contributed by atoms with E-state index < -0.39 is 0 Å². The van der Waals surface area contributed by atoms with Gasteiger partial charge >= 0.3 is 11.9 Å². The van der Waals surface area contributed by atoms with Crippen LogP contribution in [-0.4, -0.2) is 24.6 Å². The van der Waals surface area contributed by atoms with Gasteiger partial charge in [0.25, 0.3) is 0 Å². The van der Waals surface area contributed by atoms with Crippen molar-refractivity contribution in [1.29, 1.82) is 0 Å². The molecule has 0 saturated heterocycles. The molecule has 0 aromatic heterocycles. The van der Waals surface area contributed by atoms with Crippen molar-refractivity contribution in [2.75, 3.05) is 6.61 Å². The van der Waals surface area contributed by atoms with Crippen molar-refractivity contribution in [3.05, 3.63) is 0 Å². The molecule has 0 radical (unpaired) electrons. The maximum atomic E-state index is 11.4. The lowest BCUT2D eigenvalue weighted by Crippen LogP contribution is -2.28. The quantitative estimate of drug-likeness (QED) is 0.328. The summed E-state index contributed by atoms with van der Waals surface area (Å²) in [6.07, 6.45) is 4.61. The molecule has 0 heterocycles. The zero-order valence-corrected chi connectivity index (χ0v) is 17.5. The van der Waals surface area contributed by atoms with Gasteiger partial charge in [-0.1, -0.05) is 49.0 Å². The summed E-state index contributed by atoms with van der Waals surface area (Å²) in [6, 6.07) is 0. The van der Waals surface area contributed by atoms with Gasteiger partial charge in [0, 0.05) is 0 Å². The number of hydrogen-bond acceptors (Lipinski definition) is 4. The van der Waals surface area contributed by atoms with E-state index in [9.17, 15) is 9.59 Å². The second kappa shape index (κ2) is 16.1. The third-order valence-electron chi connectivity index (χ3n) is 4.49. The molecule has 0 aliphatic carbocycles. The monoisotopic (exact) mass is 376 g/mol. The number of carbonyl (C=O) groups is 2. The Bertz CT molecular complexity index is 359. The summed E-state index contributed by atoms with van der Waals surface area (Å²) >= 11 is 0. The average molecular weight is 377 g/mol. The Morgan fingerprint density at radius 3 is 1.62 bits per heavy atom. The Morgan fingerprint density at radius 1 is 0.846 bits per heavy atom. The molecule has 4 heteroatoms. The van der Waals surface area contributed by atoms with Gasteiger partial charge in [0.1, 0.15) is 0 Å². The van der Waals surface area contributed by atoms with E-state index >= 15 is 0 Å². The van der Waals surface area contributed by atoms with Crippen LogP contribution in [0.1, 0.15) is 109 Å². The molecule has 1 atom stereocenters. The summed E-state index contributed by atoms with van der Waals surface area (Å²) in [7, 11) is 0. The van der Waals surface area contributed by atoms with Crippen molar-refractivity contribution >= 4 is 11.9 Å². The molecular weight excluding hydrogens is 328 g/mol. The molecule has 0 amide bonds. The minimum Gasteiger partial charge on any atom is -0.465 e. The highest BCUT2D eigenvalue weighted by Crippen LogP contribution is 2.22. The first kappa shape index (κ1) is 32.6. The summed E-state index contributed by atoms with van der Waals surface area (Å²) in [5.41, 5.74) is -0.642. The zero-order chi connectivity index (χ0) is 19.4. The molecule has 0 fully saturated rings. The van der Waals surface area contributed by atoms with Crippen LogP contribution in [0.3, 0.4) is 0 Å². The standard InChI is InChI=1S/2C10H20O2.2CH4/c1-6-8(3)12-9(11)10(4,5)7-2;1-5-7-8-12-9(11)10(3,4)6-2;;/h8H,6-7H2,1-5H3;5-8H2,1-4H3;2*1H4. The van der Waals surface area contributed by atoms with Gasteiger partial charge in [-0.15, -0.1) is 0 Å². The van der Waals surface area contributed by atoms with Crippen molar-refractivity contribution in [3.63, 3.8) is 0 Å². The van der Waals surface area contributed by atoms with Crippen LogP contribution in [0.25, 0.3) is 0 Å². The first-order chi connectivity index (χ1) is 11.0. The van der Waals surface area contributed by atoms with Gasteiger partial charge in [0.05, 0.1) is 23.5 Å². The van der Waals surface area contributed by atoms with Gasteiger partial charge < -0.3 is 9.47 Å². The molecule has 0 aromatic rings. The van der Waals surface area contributed by atoms with Gasteiger partial charge in [0.15, 0.2) is 0 Å². The topological polar surface area (TPSA) is 52.6 Å². The van der Waals surface area contributed by atoms with Crippen LogP contribution in [0.15, 0.2) is 0 Å². The van der Waals surface area contributed by atoms with Gasteiger partial charge in [-0.05, 0) is 60.3 Å². The first-order valence-electron chi connectivity index (χ1n) is 9.36. The molecule has 1 unspecified atom stereocenters. The number of hydrogen-bond donors (Lipinski definition) is 0. The Hall–Kier alpha value is -1.06. The molecule has 4 nitrogen and oxygen atoms in total. The van der Waals surface area contributed by atoms with Crippen LogP contribution in [0.4, 0.5) is 0 Å². The Labute approximate surface area is 164 Å². The van der Waals surface area contributed by atoms with E-state index in [2.05, 4.69) is 6.92 Å². The third-order valence-corrected chi connectivity index (χ3v) is 4.49. The van der Waals surface area contributed by atoms with E-state index in [0.29, 0.717) is 6.61 Å².